The average Bonchev–Trinajstić information content (AvgIpc) is 3.10. The zero-order valence-corrected chi connectivity index (χ0v) is 33.9. The van der Waals surface area contributed by atoms with E-state index in [1.807, 2.05) is 0 Å². The second-order valence-electron chi connectivity index (χ2n) is 17.0. The van der Waals surface area contributed by atoms with Crippen molar-refractivity contribution in [1.82, 2.24) is 0 Å². The first-order chi connectivity index (χ1) is 24.0. The van der Waals surface area contributed by atoms with Crippen LogP contribution in [0.2, 0.25) is 0 Å². The highest BCUT2D eigenvalue weighted by atomic mass is 14.1. The van der Waals surface area contributed by atoms with Crippen molar-refractivity contribution in [2.45, 2.75) is 308 Å². The van der Waals surface area contributed by atoms with Gasteiger partial charge in [0.1, 0.15) is 0 Å². The van der Waals surface area contributed by atoms with E-state index in [1.165, 1.54) is 308 Å². The SMILES string of the molecule is C1CCCCCCCCCCCCCCCCCCCCCCCCCCCCCCCCCCCCCCCCCCCCCCC1. The molecular weight excluding hydrogens is 577 g/mol. The normalized spacial score (nSPS) is 24.0. The molecule has 0 unspecified atom stereocenters. The van der Waals surface area contributed by atoms with E-state index in [0.717, 1.165) is 0 Å². The van der Waals surface area contributed by atoms with Gasteiger partial charge in [0.25, 0.3) is 0 Å². The van der Waals surface area contributed by atoms with Crippen molar-refractivity contribution >= 4 is 0 Å². The van der Waals surface area contributed by atoms with Crippen LogP contribution in [0.4, 0.5) is 0 Å². The Kier molecular flexibility index (Phi) is 41.4. The molecule has 0 radical (unpaired) electrons. The van der Waals surface area contributed by atoms with Crippen molar-refractivity contribution < 1.29 is 0 Å². The summed E-state index contributed by atoms with van der Waals surface area (Å²) in [6.45, 7) is 0. The Balaban J connectivity index is 2.00. The van der Waals surface area contributed by atoms with Gasteiger partial charge in [-0.05, 0) is 0 Å². The van der Waals surface area contributed by atoms with Gasteiger partial charge in [-0.3, -0.25) is 0 Å². The van der Waals surface area contributed by atoms with Crippen LogP contribution in [0.5, 0.6) is 0 Å². The molecule has 0 saturated heterocycles. The van der Waals surface area contributed by atoms with Crippen LogP contribution in [-0.2, 0) is 0 Å². The lowest BCUT2D eigenvalue weighted by molar-refractivity contribution is 0.504. The molecule has 0 N–H and O–H groups in total. The molecule has 0 spiro atoms. The average molecular weight is 673 g/mol. The van der Waals surface area contributed by atoms with Crippen LogP contribution in [0.1, 0.15) is 308 Å². The van der Waals surface area contributed by atoms with Crippen molar-refractivity contribution in [3.63, 3.8) is 0 Å². The van der Waals surface area contributed by atoms with Gasteiger partial charge >= 0.3 is 0 Å². The topological polar surface area (TPSA) is 0 Å². The minimum Gasteiger partial charge on any atom is -0.0533 e. The number of hydrogen-bond donors (Lipinski definition) is 0. The predicted molar refractivity (Wildman–Crippen MR) is 222 cm³/mol. The van der Waals surface area contributed by atoms with Gasteiger partial charge in [-0.2, -0.15) is 0 Å². The van der Waals surface area contributed by atoms with Gasteiger partial charge in [-0.25, -0.2) is 0 Å². The largest absolute Gasteiger partial charge is 0.0533 e. The Morgan fingerprint density at radius 2 is 0.0625 bits per heavy atom. The van der Waals surface area contributed by atoms with Crippen molar-refractivity contribution in [3.05, 3.63) is 0 Å². The molecule has 0 heteroatoms. The van der Waals surface area contributed by atoms with Crippen LogP contribution < -0.4 is 0 Å². The maximum atomic E-state index is 1.50. The van der Waals surface area contributed by atoms with E-state index in [2.05, 4.69) is 0 Å². The molecule has 1 rings (SSSR count). The highest BCUT2D eigenvalue weighted by Crippen LogP contribution is 2.19. The van der Waals surface area contributed by atoms with Crippen LogP contribution in [0.25, 0.3) is 0 Å². The third-order valence-electron chi connectivity index (χ3n) is 12.0. The van der Waals surface area contributed by atoms with E-state index in [0.29, 0.717) is 0 Å². The summed E-state index contributed by atoms with van der Waals surface area (Å²) in [6, 6.07) is 0. The minimum absolute atomic E-state index is 1.50. The Morgan fingerprint density at radius 3 is 0.0833 bits per heavy atom. The number of rotatable bonds is 0. The maximum Gasteiger partial charge on any atom is -0.0533 e. The van der Waals surface area contributed by atoms with E-state index in [4.69, 9.17) is 0 Å². The minimum atomic E-state index is 1.50. The molecule has 0 aromatic rings. The zero-order valence-electron chi connectivity index (χ0n) is 33.9. The van der Waals surface area contributed by atoms with E-state index in [1.54, 1.807) is 0 Å². The van der Waals surface area contributed by atoms with E-state index in [-0.39, 0.29) is 0 Å². The molecule has 1 aliphatic rings. The molecule has 1 saturated carbocycles. The molecule has 288 valence electrons. The fraction of sp³-hybridized carbons (Fsp3) is 1.00. The molecule has 0 nitrogen and oxygen atoms in total. The quantitative estimate of drug-likeness (QED) is 0.240. The molecular formula is C48H96. The lowest BCUT2D eigenvalue weighted by Gasteiger charge is -2.05. The van der Waals surface area contributed by atoms with Gasteiger partial charge in [-0.1, -0.05) is 308 Å². The monoisotopic (exact) mass is 673 g/mol. The molecule has 0 bridgehead atoms. The van der Waals surface area contributed by atoms with Crippen molar-refractivity contribution in [2.24, 2.45) is 0 Å². The van der Waals surface area contributed by atoms with Gasteiger partial charge in [-0.15, -0.1) is 0 Å². The molecule has 48 heavy (non-hydrogen) atoms. The van der Waals surface area contributed by atoms with E-state index < -0.39 is 0 Å². The third-order valence-corrected chi connectivity index (χ3v) is 12.0. The van der Waals surface area contributed by atoms with Crippen LogP contribution in [0, 0.1) is 0 Å². The molecule has 1 aliphatic carbocycles. The second-order valence-corrected chi connectivity index (χ2v) is 17.0. The summed E-state index contributed by atoms with van der Waals surface area (Å²) < 4.78 is 0. The van der Waals surface area contributed by atoms with Gasteiger partial charge in [0, 0.05) is 0 Å². The summed E-state index contributed by atoms with van der Waals surface area (Å²) in [6.07, 6.45) is 72.0. The maximum absolute atomic E-state index is 1.50. The van der Waals surface area contributed by atoms with Crippen LogP contribution >= 0.6 is 0 Å². The number of hydrogen-bond acceptors (Lipinski definition) is 0. The fourth-order valence-corrected chi connectivity index (χ4v) is 8.49. The Hall–Kier alpha value is 0. The highest BCUT2D eigenvalue weighted by molar-refractivity contribution is 4.55. The van der Waals surface area contributed by atoms with Crippen molar-refractivity contribution in [1.29, 1.82) is 0 Å². The molecule has 0 aliphatic heterocycles. The molecule has 0 amide bonds. The standard InChI is InChI=1S/C48H96/c1-2-4-6-8-10-12-14-16-18-20-22-24-26-28-30-32-34-36-38-40-42-44-46-48-47-45-43-41-39-37-35-33-31-29-27-25-23-21-19-17-15-13-11-9-7-5-3-1/h1-48H2. The van der Waals surface area contributed by atoms with E-state index >= 15 is 0 Å². The lowest BCUT2D eigenvalue weighted by atomic mass is 10.0. The summed E-state index contributed by atoms with van der Waals surface area (Å²) >= 11 is 0. The molecule has 0 aromatic carbocycles. The van der Waals surface area contributed by atoms with E-state index in [9.17, 15) is 0 Å². The summed E-state index contributed by atoms with van der Waals surface area (Å²) in [5.41, 5.74) is 0. The first kappa shape index (κ1) is 46.0. The van der Waals surface area contributed by atoms with Gasteiger partial charge in [0.2, 0.25) is 0 Å². The van der Waals surface area contributed by atoms with Gasteiger partial charge < -0.3 is 0 Å². The molecule has 1 fully saturated rings. The Morgan fingerprint density at radius 1 is 0.0417 bits per heavy atom. The summed E-state index contributed by atoms with van der Waals surface area (Å²) in [4.78, 5) is 0. The van der Waals surface area contributed by atoms with Crippen molar-refractivity contribution in [2.75, 3.05) is 0 Å². The Bertz CT molecular complexity index is 268. The second kappa shape index (κ2) is 43.2. The summed E-state index contributed by atoms with van der Waals surface area (Å²) in [5.74, 6) is 0. The van der Waals surface area contributed by atoms with Crippen LogP contribution in [0.3, 0.4) is 0 Å². The lowest BCUT2D eigenvalue weighted by Crippen LogP contribution is -1.85. The van der Waals surface area contributed by atoms with Gasteiger partial charge in [0.15, 0.2) is 0 Å². The molecule has 0 heterocycles. The highest BCUT2D eigenvalue weighted by Gasteiger charge is 1.99. The van der Waals surface area contributed by atoms with Crippen LogP contribution in [-0.4, -0.2) is 0 Å². The zero-order chi connectivity index (χ0) is 33.9. The first-order valence-electron chi connectivity index (χ1n) is 24.0. The molecule has 0 atom stereocenters. The molecule has 0 aromatic heterocycles. The summed E-state index contributed by atoms with van der Waals surface area (Å²) in [7, 11) is 0. The summed E-state index contributed by atoms with van der Waals surface area (Å²) in [5, 5.41) is 0. The third kappa shape index (κ3) is 40.4. The first-order valence-corrected chi connectivity index (χ1v) is 24.0. The predicted octanol–water partition coefficient (Wildman–Crippen LogP) is 18.7. The van der Waals surface area contributed by atoms with Gasteiger partial charge in [0.05, 0.1) is 0 Å². The van der Waals surface area contributed by atoms with Crippen molar-refractivity contribution in [3.8, 4) is 0 Å². The fourth-order valence-electron chi connectivity index (χ4n) is 8.49. The van der Waals surface area contributed by atoms with Crippen LogP contribution in [0.15, 0.2) is 0 Å². The smallest absolute Gasteiger partial charge is 0.0533 e. The Labute approximate surface area is 307 Å².